The summed E-state index contributed by atoms with van der Waals surface area (Å²) in [4.78, 5) is 20.2. The number of aryl methyl sites for hydroxylation is 1. The molecule has 0 unspecified atom stereocenters. The van der Waals surface area contributed by atoms with E-state index in [1.165, 1.54) is 0 Å². The van der Waals surface area contributed by atoms with E-state index >= 15 is 0 Å². The number of para-hydroxylation sites is 3. The lowest BCUT2D eigenvalue weighted by Gasteiger charge is -2.30. The van der Waals surface area contributed by atoms with E-state index < -0.39 is 0 Å². The van der Waals surface area contributed by atoms with Gasteiger partial charge in [0.2, 0.25) is 10.5 Å². The highest BCUT2D eigenvalue weighted by Crippen LogP contribution is 2.30. The molecule has 1 fully saturated rings. The van der Waals surface area contributed by atoms with Crippen molar-refractivity contribution >= 4 is 40.0 Å². The van der Waals surface area contributed by atoms with E-state index in [4.69, 9.17) is 26.7 Å². The van der Waals surface area contributed by atoms with Crippen molar-refractivity contribution in [2.75, 3.05) is 13.1 Å². The molecule has 6 rings (SSSR count). The Morgan fingerprint density at radius 1 is 1.09 bits per heavy atom. The van der Waals surface area contributed by atoms with E-state index in [0.29, 0.717) is 35.1 Å². The second kappa shape index (κ2) is 8.48. The number of hydrogen-bond donors (Lipinski definition) is 0. The number of piperidine rings is 1. The molecular formula is C25H26N6O2S. The summed E-state index contributed by atoms with van der Waals surface area (Å²) in [5, 5.41) is 5.47. The number of nitrogens with zero attached hydrogens (tertiary/aromatic N) is 6. The number of rotatable bonds is 5. The van der Waals surface area contributed by atoms with E-state index in [1.807, 2.05) is 57.6 Å². The van der Waals surface area contributed by atoms with E-state index in [2.05, 4.69) is 11.8 Å². The number of hydrogen-bond acceptors (Lipinski definition) is 6. The molecule has 3 aromatic heterocycles. The SMILES string of the molecule is CCCn1c(=O)c2ccccc2n2c(=S)n(CN3CCC(c4nc5ccccc5o4)CC3)nc12. The van der Waals surface area contributed by atoms with Gasteiger partial charge in [-0.2, -0.15) is 0 Å². The van der Waals surface area contributed by atoms with E-state index in [-0.39, 0.29) is 5.56 Å². The summed E-state index contributed by atoms with van der Waals surface area (Å²) in [5.41, 5.74) is 2.56. The highest BCUT2D eigenvalue weighted by atomic mass is 32.1. The summed E-state index contributed by atoms with van der Waals surface area (Å²) in [6.45, 7) is 5.07. The average molecular weight is 475 g/mol. The Morgan fingerprint density at radius 3 is 2.65 bits per heavy atom. The van der Waals surface area contributed by atoms with Crippen molar-refractivity contribution in [3.8, 4) is 0 Å². The van der Waals surface area contributed by atoms with Crippen LogP contribution in [0.25, 0.3) is 27.8 Å². The summed E-state index contributed by atoms with van der Waals surface area (Å²) in [6, 6.07) is 15.5. The largest absolute Gasteiger partial charge is 0.440 e. The van der Waals surface area contributed by atoms with Crippen LogP contribution >= 0.6 is 12.2 Å². The van der Waals surface area contributed by atoms with Crippen LogP contribution in [0.5, 0.6) is 0 Å². The molecule has 0 N–H and O–H groups in total. The number of aromatic nitrogens is 5. The van der Waals surface area contributed by atoms with Crippen molar-refractivity contribution in [3.63, 3.8) is 0 Å². The van der Waals surface area contributed by atoms with Crippen molar-refractivity contribution in [3.05, 3.63) is 69.5 Å². The van der Waals surface area contributed by atoms with Crippen LogP contribution in [-0.2, 0) is 13.2 Å². The predicted molar refractivity (Wildman–Crippen MR) is 134 cm³/mol. The van der Waals surface area contributed by atoms with Crippen LogP contribution in [0.2, 0.25) is 0 Å². The fraction of sp³-hybridized carbons (Fsp3) is 0.360. The van der Waals surface area contributed by atoms with Crippen LogP contribution < -0.4 is 5.56 Å². The van der Waals surface area contributed by atoms with Crippen molar-refractivity contribution in [2.45, 2.75) is 45.3 Å². The van der Waals surface area contributed by atoms with E-state index in [9.17, 15) is 4.79 Å². The molecular weight excluding hydrogens is 448 g/mol. The summed E-state index contributed by atoms with van der Waals surface area (Å²) < 4.78 is 12.1. The second-order valence-corrected chi connectivity index (χ2v) is 9.31. The molecule has 1 saturated heterocycles. The maximum Gasteiger partial charge on any atom is 0.262 e. The zero-order valence-corrected chi connectivity index (χ0v) is 19.9. The number of likely N-dealkylation sites (tertiary alicyclic amines) is 1. The van der Waals surface area contributed by atoms with Gasteiger partial charge >= 0.3 is 0 Å². The topological polar surface area (TPSA) is 73.5 Å². The van der Waals surface area contributed by atoms with Gasteiger partial charge in [0.05, 0.1) is 17.6 Å². The predicted octanol–water partition coefficient (Wildman–Crippen LogP) is 4.57. The minimum absolute atomic E-state index is 0.0174. The summed E-state index contributed by atoms with van der Waals surface area (Å²) in [7, 11) is 0. The summed E-state index contributed by atoms with van der Waals surface area (Å²) in [5.74, 6) is 1.76. The van der Waals surface area contributed by atoms with Gasteiger partial charge in [-0.3, -0.25) is 18.7 Å². The number of oxazole rings is 1. The first kappa shape index (κ1) is 21.2. The number of benzene rings is 2. The molecule has 34 heavy (non-hydrogen) atoms. The Labute approximate surface area is 201 Å². The Kier molecular flexibility index (Phi) is 5.30. The van der Waals surface area contributed by atoms with Crippen LogP contribution in [0.15, 0.2) is 57.7 Å². The van der Waals surface area contributed by atoms with Gasteiger partial charge in [0.1, 0.15) is 5.52 Å². The first-order chi connectivity index (χ1) is 16.6. The molecule has 0 bridgehead atoms. The molecule has 8 nitrogen and oxygen atoms in total. The highest BCUT2D eigenvalue weighted by Gasteiger charge is 2.25. The normalized spacial score (nSPS) is 15.7. The lowest BCUT2D eigenvalue weighted by molar-refractivity contribution is 0.153. The van der Waals surface area contributed by atoms with Crippen LogP contribution in [0.4, 0.5) is 0 Å². The fourth-order valence-electron chi connectivity index (χ4n) is 4.96. The molecule has 0 spiro atoms. The van der Waals surface area contributed by atoms with Crippen LogP contribution in [0.3, 0.4) is 0 Å². The molecule has 0 amide bonds. The van der Waals surface area contributed by atoms with E-state index in [0.717, 1.165) is 54.9 Å². The van der Waals surface area contributed by atoms with Crippen LogP contribution in [-0.4, -0.2) is 41.7 Å². The minimum Gasteiger partial charge on any atom is -0.440 e. The Morgan fingerprint density at radius 2 is 1.85 bits per heavy atom. The molecule has 4 heterocycles. The molecule has 5 aromatic rings. The summed E-state index contributed by atoms with van der Waals surface area (Å²) in [6.07, 6.45) is 2.78. The second-order valence-electron chi connectivity index (χ2n) is 8.95. The quantitative estimate of drug-likeness (QED) is 0.348. The molecule has 0 aliphatic carbocycles. The lowest BCUT2D eigenvalue weighted by atomic mass is 9.97. The highest BCUT2D eigenvalue weighted by molar-refractivity contribution is 7.71. The van der Waals surface area contributed by atoms with Gasteiger partial charge in [-0.05, 0) is 55.7 Å². The van der Waals surface area contributed by atoms with Crippen LogP contribution in [0, 0.1) is 4.77 Å². The molecule has 0 atom stereocenters. The maximum atomic E-state index is 13.1. The smallest absolute Gasteiger partial charge is 0.262 e. The standard InChI is InChI=1S/C25H26N6O2S/c1-2-13-29-23(32)18-7-3-5-9-20(18)31-24(29)27-30(25(31)34)16-28-14-11-17(12-15-28)22-26-19-8-4-6-10-21(19)33-22/h3-10,17H,2,11-16H2,1H3. The number of fused-ring (bicyclic) bond motifs is 4. The minimum atomic E-state index is -0.0174. The molecule has 174 valence electrons. The average Bonchev–Trinajstić information content (AvgIpc) is 3.44. The third kappa shape index (κ3) is 3.47. The van der Waals surface area contributed by atoms with Crippen LogP contribution in [0.1, 0.15) is 38.0 Å². The molecule has 9 heteroatoms. The molecule has 1 aliphatic heterocycles. The van der Waals surface area contributed by atoms with Crippen molar-refractivity contribution in [1.29, 1.82) is 0 Å². The molecule has 1 aliphatic rings. The first-order valence-electron chi connectivity index (χ1n) is 11.8. The van der Waals surface area contributed by atoms with Crippen molar-refractivity contribution in [2.24, 2.45) is 0 Å². The zero-order chi connectivity index (χ0) is 23.2. The van der Waals surface area contributed by atoms with Gasteiger partial charge in [-0.15, -0.1) is 5.10 Å². The Bertz CT molecular complexity index is 1590. The van der Waals surface area contributed by atoms with Gasteiger partial charge < -0.3 is 4.42 Å². The van der Waals surface area contributed by atoms with Crippen molar-refractivity contribution in [1.82, 2.24) is 28.6 Å². The van der Waals surface area contributed by atoms with E-state index in [1.54, 1.807) is 4.57 Å². The zero-order valence-electron chi connectivity index (χ0n) is 19.1. The Balaban J connectivity index is 1.28. The van der Waals surface area contributed by atoms with Gasteiger partial charge in [0, 0.05) is 25.6 Å². The molecule has 0 saturated carbocycles. The summed E-state index contributed by atoms with van der Waals surface area (Å²) >= 11 is 5.84. The molecule has 2 aromatic carbocycles. The Hall–Kier alpha value is -3.30. The maximum absolute atomic E-state index is 13.1. The van der Waals surface area contributed by atoms with Gasteiger partial charge in [0.15, 0.2) is 11.5 Å². The van der Waals surface area contributed by atoms with Gasteiger partial charge in [-0.25, -0.2) is 9.67 Å². The van der Waals surface area contributed by atoms with Gasteiger partial charge in [0.25, 0.3) is 5.56 Å². The molecule has 0 radical (unpaired) electrons. The fourth-order valence-corrected chi connectivity index (χ4v) is 5.24. The first-order valence-corrected chi connectivity index (χ1v) is 12.2. The lowest BCUT2D eigenvalue weighted by Crippen LogP contribution is -2.35. The monoisotopic (exact) mass is 474 g/mol. The van der Waals surface area contributed by atoms with Gasteiger partial charge in [-0.1, -0.05) is 31.2 Å². The third-order valence-corrected chi connectivity index (χ3v) is 7.11. The van der Waals surface area contributed by atoms with Crippen molar-refractivity contribution < 1.29 is 4.42 Å². The third-order valence-electron chi connectivity index (χ3n) is 6.71.